The van der Waals surface area contributed by atoms with Crippen molar-refractivity contribution in [1.82, 2.24) is 19.7 Å². The average Bonchev–Trinajstić information content (AvgIpc) is 2.75. The van der Waals surface area contributed by atoms with Gasteiger partial charge in [0.1, 0.15) is 12.4 Å². The second-order valence-electron chi connectivity index (χ2n) is 7.51. The van der Waals surface area contributed by atoms with E-state index in [0.29, 0.717) is 38.4 Å². The molecule has 166 valence electrons. The first kappa shape index (κ1) is 22.5. The van der Waals surface area contributed by atoms with Gasteiger partial charge in [-0.15, -0.1) is 0 Å². The van der Waals surface area contributed by atoms with E-state index in [1.807, 2.05) is 0 Å². The molecular weight excluding hydrogens is 403 g/mol. The van der Waals surface area contributed by atoms with Crippen molar-refractivity contribution in [2.45, 2.75) is 26.6 Å². The zero-order chi connectivity index (χ0) is 22.4. The molecule has 8 nitrogen and oxygen atoms in total. The molecule has 0 bridgehead atoms. The first-order chi connectivity index (χ1) is 14.9. The Hall–Kier alpha value is -3.20. The van der Waals surface area contributed by atoms with Crippen LogP contribution in [0.25, 0.3) is 0 Å². The number of carbonyl (C=O) groups excluding carboxylic acids is 2. The van der Waals surface area contributed by atoms with E-state index < -0.39 is 0 Å². The molecule has 1 aromatic carbocycles. The van der Waals surface area contributed by atoms with Crippen LogP contribution in [0.5, 0.6) is 5.75 Å². The minimum Gasteiger partial charge on any atom is -0.491 e. The summed E-state index contributed by atoms with van der Waals surface area (Å²) in [6, 6.07) is 7.41. The van der Waals surface area contributed by atoms with Crippen molar-refractivity contribution in [3.05, 3.63) is 63.8 Å². The molecule has 2 aromatic rings. The number of pyridine rings is 1. The summed E-state index contributed by atoms with van der Waals surface area (Å²) in [7, 11) is 1.41. The largest absolute Gasteiger partial charge is 0.491 e. The molecule has 2 amide bonds. The molecule has 0 aliphatic carbocycles. The summed E-state index contributed by atoms with van der Waals surface area (Å²) in [5.74, 6) is -0.350. The summed E-state index contributed by atoms with van der Waals surface area (Å²) in [5, 5.41) is 2.81. The molecular formula is C22H27FN4O4. The van der Waals surface area contributed by atoms with Gasteiger partial charge < -0.3 is 19.5 Å². The number of halogens is 1. The van der Waals surface area contributed by atoms with E-state index in [9.17, 15) is 18.8 Å². The van der Waals surface area contributed by atoms with Gasteiger partial charge in [0.2, 0.25) is 17.2 Å². The predicted octanol–water partition coefficient (Wildman–Crippen LogP) is 0.976. The van der Waals surface area contributed by atoms with Crippen LogP contribution < -0.4 is 15.5 Å². The third-order valence-electron chi connectivity index (χ3n) is 5.32. The highest BCUT2D eigenvalue weighted by Gasteiger charge is 2.20. The lowest BCUT2D eigenvalue weighted by Gasteiger charge is -2.34. The fourth-order valence-corrected chi connectivity index (χ4v) is 3.49. The summed E-state index contributed by atoms with van der Waals surface area (Å²) in [6.45, 7) is 4.98. The third-order valence-corrected chi connectivity index (χ3v) is 5.32. The number of nitrogens with one attached hydrogen (secondary N) is 1. The number of nitrogens with zero attached hydrogens (tertiary/aromatic N) is 3. The van der Waals surface area contributed by atoms with E-state index in [-0.39, 0.29) is 41.9 Å². The van der Waals surface area contributed by atoms with Gasteiger partial charge in [-0.1, -0.05) is 12.1 Å². The molecule has 0 unspecified atom stereocenters. The summed E-state index contributed by atoms with van der Waals surface area (Å²) < 4.78 is 19.9. The van der Waals surface area contributed by atoms with Crippen LogP contribution >= 0.6 is 0 Å². The van der Waals surface area contributed by atoms with Crippen LogP contribution in [0.1, 0.15) is 18.2 Å². The SMILES string of the molecule is COc1cn(CC(=O)NCc2ccc(F)cc2)c(CN2CCN(C(C)=O)CC2)cc1=O. The van der Waals surface area contributed by atoms with E-state index in [4.69, 9.17) is 4.74 Å². The number of rotatable bonds is 7. The Labute approximate surface area is 180 Å². The molecule has 31 heavy (non-hydrogen) atoms. The number of hydrogen-bond acceptors (Lipinski definition) is 5. The first-order valence-corrected chi connectivity index (χ1v) is 10.1. The van der Waals surface area contributed by atoms with Gasteiger partial charge in [0.25, 0.3) is 0 Å². The Morgan fingerprint density at radius 2 is 1.81 bits per heavy atom. The summed E-state index contributed by atoms with van der Waals surface area (Å²) in [4.78, 5) is 40.3. The Morgan fingerprint density at radius 3 is 2.42 bits per heavy atom. The van der Waals surface area contributed by atoms with E-state index in [1.54, 1.807) is 34.7 Å². The van der Waals surface area contributed by atoms with E-state index in [1.165, 1.54) is 25.3 Å². The fraction of sp³-hybridized carbons (Fsp3) is 0.409. The number of amides is 2. The van der Waals surface area contributed by atoms with Crippen LogP contribution in [-0.2, 0) is 29.2 Å². The predicted molar refractivity (Wildman–Crippen MR) is 113 cm³/mol. The van der Waals surface area contributed by atoms with Crippen LogP contribution in [0.3, 0.4) is 0 Å². The van der Waals surface area contributed by atoms with Crippen LogP contribution in [-0.4, -0.2) is 59.5 Å². The molecule has 1 aromatic heterocycles. The van der Waals surface area contributed by atoms with Gasteiger partial charge in [-0.05, 0) is 17.7 Å². The second-order valence-corrected chi connectivity index (χ2v) is 7.51. The van der Waals surface area contributed by atoms with Crippen LogP contribution in [0.15, 0.2) is 41.3 Å². The summed E-state index contributed by atoms with van der Waals surface area (Å²) >= 11 is 0. The zero-order valence-electron chi connectivity index (χ0n) is 17.8. The third kappa shape index (κ3) is 6.14. The summed E-state index contributed by atoms with van der Waals surface area (Å²) in [5.41, 5.74) is 1.23. The molecule has 9 heteroatoms. The average molecular weight is 430 g/mol. The zero-order valence-corrected chi connectivity index (χ0v) is 17.8. The van der Waals surface area contributed by atoms with Gasteiger partial charge >= 0.3 is 0 Å². The highest BCUT2D eigenvalue weighted by molar-refractivity contribution is 5.75. The van der Waals surface area contributed by atoms with Gasteiger partial charge in [0.15, 0.2) is 5.75 Å². The van der Waals surface area contributed by atoms with Crippen molar-refractivity contribution in [3.63, 3.8) is 0 Å². The molecule has 0 radical (unpaired) electrons. The monoisotopic (exact) mass is 430 g/mol. The van der Waals surface area contributed by atoms with E-state index in [2.05, 4.69) is 10.2 Å². The number of ether oxygens (including phenoxy) is 1. The number of methoxy groups -OCH3 is 1. The number of piperazine rings is 1. The maximum absolute atomic E-state index is 13.0. The lowest BCUT2D eigenvalue weighted by atomic mass is 10.2. The number of aromatic nitrogens is 1. The highest BCUT2D eigenvalue weighted by Crippen LogP contribution is 2.12. The standard InChI is InChI=1S/C22H27FN4O4/c1-16(28)26-9-7-25(8-10-26)13-19-11-20(29)21(31-2)14-27(19)15-22(30)24-12-17-3-5-18(23)6-4-17/h3-6,11,14H,7-10,12-13,15H2,1-2H3,(H,24,30). The minimum absolute atomic E-state index is 0.0145. The maximum Gasteiger partial charge on any atom is 0.240 e. The fourth-order valence-electron chi connectivity index (χ4n) is 3.49. The molecule has 1 aliphatic rings. The molecule has 0 saturated carbocycles. The minimum atomic E-state index is -0.329. The van der Waals surface area contributed by atoms with Crippen molar-refractivity contribution in [2.75, 3.05) is 33.3 Å². The molecule has 2 heterocycles. The van der Waals surface area contributed by atoms with Crippen molar-refractivity contribution in [1.29, 1.82) is 0 Å². The second kappa shape index (κ2) is 10.2. The van der Waals surface area contributed by atoms with E-state index >= 15 is 0 Å². The molecule has 1 saturated heterocycles. The summed E-state index contributed by atoms with van der Waals surface area (Å²) in [6.07, 6.45) is 1.54. The Kier molecular flexibility index (Phi) is 7.41. The van der Waals surface area contributed by atoms with Crippen LogP contribution in [0.2, 0.25) is 0 Å². The van der Waals surface area contributed by atoms with Crippen molar-refractivity contribution < 1.29 is 18.7 Å². The van der Waals surface area contributed by atoms with Crippen molar-refractivity contribution >= 4 is 11.8 Å². The smallest absolute Gasteiger partial charge is 0.240 e. The molecule has 3 rings (SSSR count). The van der Waals surface area contributed by atoms with Gasteiger partial charge in [-0.3, -0.25) is 19.3 Å². The quantitative estimate of drug-likeness (QED) is 0.708. The van der Waals surface area contributed by atoms with Crippen molar-refractivity contribution in [2.24, 2.45) is 0 Å². The first-order valence-electron chi connectivity index (χ1n) is 10.1. The van der Waals surface area contributed by atoms with Gasteiger partial charge in [0, 0.05) is 58.0 Å². The maximum atomic E-state index is 13.0. The number of benzene rings is 1. The van der Waals surface area contributed by atoms with Gasteiger partial charge in [0.05, 0.1) is 13.3 Å². The van der Waals surface area contributed by atoms with Gasteiger partial charge in [-0.25, -0.2) is 4.39 Å². The van der Waals surface area contributed by atoms with E-state index in [0.717, 1.165) is 5.56 Å². The van der Waals surface area contributed by atoms with Crippen LogP contribution in [0, 0.1) is 5.82 Å². The molecule has 0 atom stereocenters. The Morgan fingerprint density at radius 1 is 1.13 bits per heavy atom. The van der Waals surface area contributed by atoms with Gasteiger partial charge in [-0.2, -0.15) is 0 Å². The molecule has 1 aliphatic heterocycles. The lowest BCUT2D eigenvalue weighted by Crippen LogP contribution is -2.47. The van der Waals surface area contributed by atoms with Crippen LogP contribution in [0.4, 0.5) is 4.39 Å². The molecule has 1 fully saturated rings. The van der Waals surface area contributed by atoms with Crippen molar-refractivity contribution in [3.8, 4) is 5.75 Å². The number of hydrogen-bond donors (Lipinski definition) is 1. The Balaban J connectivity index is 1.68. The normalized spacial score (nSPS) is 14.4. The highest BCUT2D eigenvalue weighted by atomic mass is 19.1. The molecule has 1 N–H and O–H groups in total. The topological polar surface area (TPSA) is 83.9 Å². The lowest BCUT2D eigenvalue weighted by molar-refractivity contribution is -0.130. The Bertz CT molecular complexity index is 982. The number of carbonyl (C=O) groups is 2. The molecule has 0 spiro atoms.